The molecular formula is C19H24ClNO. The lowest BCUT2D eigenvalue weighted by Crippen LogP contribution is -2.46. The van der Waals surface area contributed by atoms with Crippen molar-refractivity contribution in [1.82, 2.24) is 0 Å². The zero-order chi connectivity index (χ0) is 16.2. The highest BCUT2D eigenvalue weighted by Crippen LogP contribution is 2.51. The molecular weight excluding hydrogens is 294 g/mol. The summed E-state index contributed by atoms with van der Waals surface area (Å²) >= 11 is 6.57. The van der Waals surface area contributed by atoms with Crippen molar-refractivity contribution < 1.29 is 5.11 Å². The lowest BCUT2D eigenvalue weighted by molar-refractivity contribution is 0.432. The Bertz CT molecular complexity index is 717. The molecule has 0 aromatic heterocycles. The lowest BCUT2D eigenvalue weighted by atomic mass is 9.89. The number of phenolic OH excluding ortho intramolecular Hbond substituents is 1. The highest BCUT2D eigenvalue weighted by molar-refractivity contribution is 6.21. The van der Waals surface area contributed by atoms with Gasteiger partial charge in [-0.25, -0.2) is 0 Å². The van der Waals surface area contributed by atoms with Gasteiger partial charge in [-0.2, -0.15) is 0 Å². The van der Waals surface area contributed by atoms with Crippen molar-refractivity contribution in [2.45, 2.75) is 57.5 Å². The second-order valence-corrected chi connectivity index (χ2v) is 8.05. The summed E-state index contributed by atoms with van der Waals surface area (Å²) < 4.78 is 0. The second kappa shape index (κ2) is 5.06. The van der Waals surface area contributed by atoms with Gasteiger partial charge < -0.3 is 10.0 Å². The summed E-state index contributed by atoms with van der Waals surface area (Å²) in [6.45, 7) is 10.9. The summed E-state index contributed by atoms with van der Waals surface area (Å²) in [7, 11) is 0. The molecule has 0 unspecified atom stereocenters. The third kappa shape index (κ3) is 2.16. The van der Waals surface area contributed by atoms with Crippen LogP contribution in [-0.2, 0) is 0 Å². The predicted molar refractivity (Wildman–Crippen MR) is 95.4 cm³/mol. The van der Waals surface area contributed by atoms with Gasteiger partial charge in [0, 0.05) is 40.0 Å². The Morgan fingerprint density at radius 2 is 1.77 bits per heavy atom. The average Bonchev–Trinajstić information content (AvgIpc) is 2.71. The van der Waals surface area contributed by atoms with Gasteiger partial charge >= 0.3 is 0 Å². The fraction of sp³-hybridized carbons (Fsp3) is 0.474. The van der Waals surface area contributed by atoms with Crippen LogP contribution in [-0.4, -0.2) is 22.1 Å². The van der Waals surface area contributed by atoms with Gasteiger partial charge in [-0.3, -0.25) is 0 Å². The van der Waals surface area contributed by atoms with Crippen molar-refractivity contribution in [2.24, 2.45) is 0 Å². The third-order valence-electron chi connectivity index (χ3n) is 4.78. The zero-order valence-electron chi connectivity index (χ0n) is 13.9. The van der Waals surface area contributed by atoms with E-state index in [1.165, 1.54) is 5.56 Å². The molecule has 1 aliphatic heterocycles. The lowest BCUT2D eigenvalue weighted by Gasteiger charge is -2.39. The molecule has 0 saturated heterocycles. The van der Waals surface area contributed by atoms with Crippen LogP contribution in [0.25, 0.3) is 10.8 Å². The van der Waals surface area contributed by atoms with Gasteiger partial charge in [0.05, 0.1) is 0 Å². The number of nitrogens with zero attached hydrogens (tertiary/aromatic N) is 1. The van der Waals surface area contributed by atoms with Crippen LogP contribution in [0.1, 0.15) is 46.1 Å². The van der Waals surface area contributed by atoms with E-state index in [1.54, 1.807) is 0 Å². The van der Waals surface area contributed by atoms with Crippen molar-refractivity contribution in [2.75, 3.05) is 4.90 Å². The van der Waals surface area contributed by atoms with Gasteiger partial charge in [-0.15, -0.1) is 11.6 Å². The van der Waals surface area contributed by atoms with E-state index in [0.29, 0.717) is 11.8 Å². The molecule has 3 heteroatoms. The molecule has 0 fully saturated rings. The first-order valence-corrected chi connectivity index (χ1v) is 8.35. The van der Waals surface area contributed by atoms with E-state index < -0.39 is 0 Å². The number of alkyl halides is 1. The second-order valence-electron chi connectivity index (χ2n) is 7.36. The maximum Gasteiger partial charge on any atom is 0.125 e. The molecule has 0 spiro atoms. The molecule has 0 aliphatic carbocycles. The maximum atomic E-state index is 10.5. The van der Waals surface area contributed by atoms with Crippen LogP contribution in [0.3, 0.4) is 0 Å². The number of phenols is 1. The van der Waals surface area contributed by atoms with Crippen LogP contribution in [0.2, 0.25) is 0 Å². The Morgan fingerprint density at radius 1 is 1.18 bits per heavy atom. The fourth-order valence-electron chi connectivity index (χ4n) is 4.12. The standard InChI is InChI=1S/C19H24ClNO/c1-11(20)17-12(2)21(19(3,4)5)15-10-16(22)13-8-6-7-9-14(13)18(15)17/h6-12,17,22H,1-5H3/t11-,12-,17-/m1/s1. The molecule has 1 heterocycles. The Labute approximate surface area is 137 Å². The van der Waals surface area contributed by atoms with E-state index in [1.807, 2.05) is 24.3 Å². The smallest absolute Gasteiger partial charge is 0.125 e. The number of fused-ring (bicyclic) bond motifs is 3. The Kier molecular flexibility index (Phi) is 3.56. The number of aromatic hydroxyl groups is 1. The van der Waals surface area contributed by atoms with E-state index >= 15 is 0 Å². The number of hydrogen-bond acceptors (Lipinski definition) is 2. The maximum absolute atomic E-state index is 10.5. The first-order chi connectivity index (χ1) is 10.2. The number of rotatable bonds is 1. The van der Waals surface area contributed by atoms with Crippen molar-refractivity contribution >= 4 is 28.1 Å². The minimum Gasteiger partial charge on any atom is -0.507 e. The molecule has 2 aromatic rings. The first kappa shape index (κ1) is 15.5. The van der Waals surface area contributed by atoms with Gasteiger partial charge in [0.2, 0.25) is 0 Å². The van der Waals surface area contributed by atoms with Crippen LogP contribution < -0.4 is 4.90 Å². The number of anilines is 1. The third-order valence-corrected chi connectivity index (χ3v) is 5.05. The van der Waals surface area contributed by atoms with Gasteiger partial charge in [0.25, 0.3) is 0 Å². The Balaban J connectivity index is 2.37. The predicted octanol–water partition coefficient (Wildman–Crippen LogP) is 5.26. The van der Waals surface area contributed by atoms with E-state index in [-0.39, 0.29) is 16.8 Å². The normalized spacial score (nSPS) is 22.9. The molecule has 118 valence electrons. The van der Waals surface area contributed by atoms with Crippen LogP contribution in [0, 0.1) is 0 Å². The van der Waals surface area contributed by atoms with Gasteiger partial charge in [-0.1, -0.05) is 24.3 Å². The number of benzene rings is 2. The van der Waals surface area contributed by atoms with Crippen LogP contribution in [0.4, 0.5) is 5.69 Å². The molecule has 3 rings (SSSR count). The molecule has 3 atom stereocenters. The van der Waals surface area contributed by atoms with Gasteiger partial charge in [0.1, 0.15) is 5.75 Å². The molecule has 1 N–H and O–H groups in total. The average molecular weight is 318 g/mol. The van der Waals surface area contributed by atoms with Crippen LogP contribution in [0.5, 0.6) is 5.75 Å². The van der Waals surface area contributed by atoms with Gasteiger partial charge in [-0.05, 0) is 45.6 Å². The SMILES string of the molecule is C[C@@H]1[C@@H]([C@@H](C)Cl)c2c(cc(O)c3ccccc23)N1C(C)(C)C. The van der Waals surface area contributed by atoms with E-state index in [9.17, 15) is 5.11 Å². The van der Waals surface area contributed by atoms with Crippen molar-refractivity contribution in [3.63, 3.8) is 0 Å². The molecule has 0 saturated carbocycles. The molecule has 0 bridgehead atoms. The summed E-state index contributed by atoms with van der Waals surface area (Å²) in [5.74, 6) is 0.597. The van der Waals surface area contributed by atoms with Crippen molar-refractivity contribution in [1.29, 1.82) is 0 Å². The quantitative estimate of drug-likeness (QED) is 0.725. The summed E-state index contributed by atoms with van der Waals surface area (Å²) in [6, 6.07) is 10.3. The summed E-state index contributed by atoms with van der Waals surface area (Å²) in [4.78, 5) is 2.40. The number of hydrogen-bond donors (Lipinski definition) is 1. The number of halogens is 1. The monoisotopic (exact) mass is 317 g/mol. The van der Waals surface area contributed by atoms with Crippen molar-refractivity contribution in [3.05, 3.63) is 35.9 Å². The zero-order valence-corrected chi connectivity index (χ0v) is 14.6. The molecule has 0 radical (unpaired) electrons. The summed E-state index contributed by atoms with van der Waals surface area (Å²) in [5.41, 5.74) is 2.37. The summed E-state index contributed by atoms with van der Waals surface area (Å²) in [5, 5.41) is 12.5. The summed E-state index contributed by atoms with van der Waals surface area (Å²) in [6.07, 6.45) is 0. The highest BCUT2D eigenvalue weighted by atomic mass is 35.5. The topological polar surface area (TPSA) is 23.5 Å². The van der Waals surface area contributed by atoms with Crippen molar-refractivity contribution in [3.8, 4) is 5.75 Å². The van der Waals surface area contributed by atoms with Crippen LogP contribution >= 0.6 is 11.6 Å². The molecule has 22 heavy (non-hydrogen) atoms. The Morgan fingerprint density at radius 3 is 2.32 bits per heavy atom. The highest BCUT2D eigenvalue weighted by Gasteiger charge is 2.43. The largest absolute Gasteiger partial charge is 0.507 e. The minimum absolute atomic E-state index is 0.0242. The molecule has 0 amide bonds. The minimum atomic E-state index is -0.0242. The molecule has 2 aromatic carbocycles. The van der Waals surface area contributed by atoms with E-state index in [0.717, 1.165) is 16.5 Å². The Hall–Kier alpha value is -1.41. The van der Waals surface area contributed by atoms with E-state index in [4.69, 9.17) is 11.6 Å². The molecule has 2 nitrogen and oxygen atoms in total. The molecule has 1 aliphatic rings. The van der Waals surface area contributed by atoms with Crippen LogP contribution in [0.15, 0.2) is 30.3 Å². The van der Waals surface area contributed by atoms with E-state index in [2.05, 4.69) is 45.6 Å². The van der Waals surface area contributed by atoms with Gasteiger partial charge in [0.15, 0.2) is 0 Å². The fourth-order valence-corrected chi connectivity index (χ4v) is 4.46. The first-order valence-electron chi connectivity index (χ1n) is 7.91.